The van der Waals surface area contributed by atoms with Gasteiger partial charge in [0.05, 0.1) is 6.54 Å². The molecule has 2 unspecified atom stereocenters. The van der Waals surface area contributed by atoms with E-state index in [1.165, 1.54) is 4.90 Å². The van der Waals surface area contributed by atoms with Gasteiger partial charge in [-0.2, -0.15) is 18.2 Å². The Labute approximate surface area is 214 Å². The highest BCUT2D eigenvalue weighted by atomic mass is 19.4. The molecular formula is C27H33F3N6O. The average molecular weight is 515 g/mol. The van der Waals surface area contributed by atoms with Gasteiger partial charge >= 0.3 is 6.18 Å². The predicted molar refractivity (Wildman–Crippen MR) is 137 cm³/mol. The Bertz CT molecular complexity index is 1250. The highest BCUT2D eigenvalue weighted by Gasteiger charge is 2.33. The Hall–Kier alpha value is -2.95. The number of halogens is 3. The molecule has 2 atom stereocenters. The van der Waals surface area contributed by atoms with Crippen molar-refractivity contribution in [3.63, 3.8) is 0 Å². The summed E-state index contributed by atoms with van der Waals surface area (Å²) in [5.41, 5.74) is 5.92. The molecule has 0 amide bonds. The quantitative estimate of drug-likeness (QED) is 0.408. The summed E-state index contributed by atoms with van der Waals surface area (Å²) < 4.78 is 39.8. The molecule has 198 valence electrons. The molecule has 5 rings (SSSR count). The lowest BCUT2D eigenvalue weighted by molar-refractivity contribution is -0.147. The smallest absolute Gasteiger partial charge is 0.374 e. The van der Waals surface area contributed by atoms with Crippen molar-refractivity contribution >= 4 is 11.6 Å². The van der Waals surface area contributed by atoms with Crippen LogP contribution in [0.3, 0.4) is 0 Å². The fourth-order valence-corrected chi connectivity index (χ4v) is 5.39. The van der Waals surface area contributed by atoms with E-state index in [9.17, 15) is 18.3 Å². The van der Waals surface area contributed by atoms with Crippen molar-refractivity contribution in [3.8, 4) is 11.4 Å². The highest BCUT2D eigenvalue weighted by molar-refractivity contribution is 5.64. The number of nitrogens with one attached hydrogen (secondary N) is 2. The first kappa shape index (κ1) is 25.7. The van der Waals surface area contributed by atoms with E-state index in [0.29, 0.717) is 31.4 Å². The molecule has 1 fully saturated rings. The third kappa shape index (κ3) is 5.51. The van der Waals surface area contributed by atoms with Crippen LogP contribution in [0.4, 0.5) is 24.8 Å². The molecule has 1 saturated heterocycles. The van der Waals surface area contributed by atoms with Crippen LogP contribution in [0, 0.1) is 6.92 Å². The SMILES string of the molecule is CCn1nc(-c2ccc(C3CCN(CC(F)(F)F)CC3)cc2)nc1Nc1cc2c(cc1C)C(O)NC2C. The second kappa shape index (κ2) is 10.1. The maximum atomic E-state index is 12.7. The van der Waals surface area contributed by atoms with Gasteiger partial charge in [-0.1, -0.05) is 24.3 Å². The van der Waals surface area contributed by atoms with Gasteiger partial charge in [0, 0.05) is 29.4 Å². The molecule has 3 N–H and O–H groups in total. The van der Waals surface area contributed by atoms with Gasteiger partial charge in [-0.3, -0.25) is 10.2 Å². The number of likely N-dealkylation sites (tertiary alicyclic amines) is 1. The Kier molecular flexibility index (Phi) is 6.99. The number of aromatic nitrogens is 3. The fraction of sp³-hybridized carbons (Fsp3) is 0.481. The number of rotatable bonds is 6. The second-order valence-corrected chi connectivity index (χ2v) is 10.1. The van der Waals surface area contributed by atoms with Crippen LogP contribution in [0.15, 0.2) is 36.4 Å². The molecule has 3 heterocycles. The monoisotopic (exact) mass is 514 g/mol. The van der Waals surface area contributed by atoms with Gasteiger partial charge in [0.25, 0.3) is 0 Å². The minimum atomic E-state index is -4.14. The molecular weight excluding hydrogens is 481 g/mol. The first-order valence-electron chi connectivity index (χ1n) is 12.8. The van der Waals surface area contributed by atoms with Crippen molar-refractivity contribution in [3.05, 3.63) is 58.7 Å². The highest BCUT2D eigenvalue weighted by Crippen LogP contribution is 2.36. The normalized spacial score (nSPS) is 20.8. The zero-order valence-electron chi connectivity index (χ0n) is 21.3. The lowest BCUT2D eigenvalue weighted by Crippen LogP contribution is -2.39. The lowest BCUT2D eigenvalue weighted by atomic mass is 9.89. The zero-order valence-corrected chi connectivity index (χ0v) is 21.3. The molecule has 37 heavy (non-hydrogen) atoms. The standard InChI is InChI=1S/C27H33F3N6O/c1-4-36-26(32-23-14-21-17(3)31-25(37)22(21)13-16(23)2)33-24(34-36)20-7-5-18(6-8-20)19-9-11-35(12-10-19)15-27(28,29)30/h5-8,13-14,17,19,25,31,37H,4,9-12,15H2,1-3H3,(H,32,33,34). The summed E-state index contributed by atoms with van der Waals surface area (Å²) in [6, 6.07) is 12.2. The molecule has 10 heteroatoms. The largest absolute Gasteiger partial charge is 0.401 e. The number of aliphatic hydroxyl groups excluding tert-OH is 1. The van der Waals surface area contributed by atoms with Crippen LogP contribution in [-0.4, -0.2) is 50.6 Å². The molecule has 2 aromatic carbocycles. The molecule has 0 saturated carbocycles. The van der Waals surface area contributed by atoms with Gasteiger partial charge in [-0.05, 0) is 81.4 Å². The van der Waals surface area contributed by atoms with Crippen LogP contribution in [0.5, 0.6) is 0 Å². The van der Waals surface area contributed by atoms with Crippen molar-refractivity contribution in [1.82, 2.24) is 25.0 Å². The molecule has 1 aromatic heterocycles. The van der Waals surface area contributed by atoms with E-state index in [2.05, 4.69) is 21.8 Å². The third-order valence-electron chi connectivity index (χ3n) is 7.45. The molecule has 0 aliphatic carbocycles. The van der Waals surface area contributed by atoms with E-state index in [1.54, 1.807) is 0 Å². The lowest BCUT2D eigenvalue weighted by Gasteiger charge is -2.32. The fourth-order valence-electron chi connectivity index (χ4n) is 5.39. The van der Waals surface area contributed by atoms with Gasteiger partial charge in [0.15, 0.2) is 5.82 Å². The summed E-state index contributed by atoms with van der Waals surface area (Å²) in [6.45, 7) is 6.76. The van der Waals surface area contributed by atoms with Crippen molar-refractivity contribution in [2.75, 3.05) is 25.0 Å². The molecule has 0 radical (unpaired) electrons. The van der Waals surface area contributed by atoms with Crippen LogP contribution < -0.4 is 10.6 Å². The Balaban J connectivity index is 1.30. The summed E-state index contributed by atoms with van der Waals surface area (Å²) in [5.74, 6) is 1.51. The van der Waals surface area contributed by atoms with E-state index >= 15 is 0 Å². The summed E-state index contributed by atoms with van der Waals surface area (Å²) in [5, 5.41) is 21.5. The summed E-state index contributed by atoms with van der Waals surface area (Å²) >= 11 is 0. The van der Waals surface area contributed by atoms with Crippen molar-refractivity contribution in [1.29, 1.82) is 0 Å². The molecule has 0 bridgehead atoms. The maximum Gasteiger partial charge on any atom is 0.401 e. The van der Waals surface area contributed by atoms with Crippen molar-refractivity contribution in [2.45, 2.75) is 64.5 Å². The number of hydrogen-bond donors (Lipinski definition) is 3. The summed E-state index contributed by atoms with van der Waals surface area (Å²) in [7, 11) is 0. The summed E-state index contributed by atoms with van der Waals surface area (Å²) in [6.07, 6.45) is -3.36. The number of benzene rings is 2. The Morgan fingerprint density at radius 3 is 2.46 bits per heavy atom. The van der Waals surface area contributed by atoms with Gasteiger partial charge in [0.1, 0.15) is 6.23 Å². The molecule has 2 aliphatic rings. The number of anilines is 2. The molecule has 3 aromatic rings. The number of piperidine rings is 1. The number of alkyl halides is 3. The molecule has 2 aliphatic heterocycles. The van der Waals surface area contributed by atoms with E-state index in [1.807, 2.05) is 55.8 Å². The van der Waals surface area contributed by atoms with Crippen molar-refractivity contribution in [2.24, 2.45) is 0 Å². The van der Waals surface area contributed by atoms with Gasteiger partial charge < -0.3 is 10.4 Å². The van der Waals surface area contributed by atoms with Crippen molar-refractivity contribution < 1.29 is 18.3 Å². The minimum absolute atomic E-state index is 0.0566. The summed E-state index contributed by atoms with van der Waals surface area (Å²) in [4.78, 5) is 6.25. The van der Waals surface area contributed by atoms with Gasteiger partial charge in [0.2, 0.25) is 5.95 Å². The predicted octanol–water partition coefficient (Wildman–Crippen LogP) is 5.41. The van der Waals surface area contributed by atoms with Crippen LogP contribution in [0.1, 0.15) is 67.1 Å². The second-order valence-electron chi connectivity index (χ2n) is 10.1. The topological polar surface area (TPSA) is 78.2 Å². The number of fused-ring (bicyclic) bond motifs is 1. The van der Waals surface area contributed by atoms with E-state index in [4.69, 9.17) is 4.98 Å². The zero-order chi connectivity index (χ0) is 26.3. The first-order chi connectivity index (χ1) is 17.6. The first-order valence-corrected chi connectivity index (χ1v) is 12.8. The number of aryl methyl sites for hydroxylation is 2. The Morgan fingerprint density at radius 2 is 1.81 bits per heavy atom. The van der Waals surface area contributed by atoms with Crippen LogP contribution in [-0.2, 0) is 6.54 Å². The number of hydrogen-bond acceptors (Lipinski definition) is 6. The van der Waals surface area contributed by atoms with E-state index in [0.717, 1.165) is 46.3 Å². The van der Waals surface area contributed by atoms with Crippen LogP contribution in [0.2, 0.25) is 0 Å². The van der Waals surface area contributed by atoms with Gasteiger partial charge in [-0.25, -0.2) is 4.68 Å². The van der Waals surface area contributed by atoms with Crippen LogP contribution >= 0.6 is 0 Å². The van der Waals surface area contributed by atoms with E-state index in [-0.39, 0.29) is 12.0 Å². The molecule has 7 nitrogen and oxygen atoms in total. The van der Waals surface area contributed by atoms with E-state index < -0.39 is 18.9 Å². The maximum absolute atomic E-state index is 12.7. The number of nitrogens with zero attached hydrogens (tertiary/aromatic N) is 4. The molecule has 0 spiro atoms. The van der Waals surface area contributed by atoms with Crippen LogP contribution in [0.25, 0.3) is 11.4 Å². The Morgan fingerprint density at radius 1 is 1.11 bits per heavy atom. The van der Waals surface area contributed by atoms with Gasteiger partial charge in [-0.15, -0.1) is 5.10 Å². The number of aliphatic hydroxyl groups is 1. The third-order valence-corrected chi connectivity index (χ3v) is 7.45. The average Bonchev–Trinajstić information content (AvgIpc) is 3.39. The minimum Gasteiger partial charge on any atom is -0.374 e.